The first-order chi connectivity index (χ1) is 10.6. The van der Waals surface area contributed by atoms with Gasteiger partial charge in [-0.15, -0.1) is 0 Å². The molecule has 22 heavy (non-hydrogen) atoms. The highest BCUT2D eigenvalue weighted by molar-refractivity contribution is 5.84. The van der Waals surface area contributed by atoms with Crippen molar-refractivity contribution in [3.05, 3.63) is 0 Å². The average molecular weight is 315 g/mol. The van der Waals surface area contributed by atoms with Crippen LogP contribution in [0.5, 0.6) is 0 Å². The number of hydrogen-bond donors (Lipinski definition) is 3. The first kappa shape index (κ1) is 20.7. The molecule has 0 atom stereocenters. The molecular formula is C15H33N5O2. The van der Waals surface area contributed by atoms with Gasteiger partial charge in [0.2, 0.25) is 5.91 Å². The van der Waals surface area contributed by atoms with Crippen molar-refractivity contribution >= 4 is 11.9 Å². The summed E-state index contributed by atoms with van der Waals surface area (Å²) >= 11 is 0. The number of aliphatic imine (C=N–C) groups is 1. The zero-order chi connectivity index (χ0) is 16.6. The lowest BCUT2D eigenvalue weighted by atomic mass is 10.4. The number of rotatable bonds is 12. The summed E-state index contributed by atoms with van der Waals surface area (Å²) < 4.78 is 5.04. The smallest absolute Gasteiger partial charge is 0.241 e. The monoisotopic (exact) mass is 315 g/mol. The van der Waals surface area contributed by atoms with Gasteiger partial charge < -0.3 is 25.6 Å². The van der Waals surface area contributed by atoms with Gasteiger partial charge in [0.1, 0.15) is 6.54 Å². The standard InChI is InChI=1S/C15H33N5O2/c1-5-8-17-14(21)13-19-15(16-6-2)18-9-11-20(3)10-7-12-22-4/h5-13H2,1-4H3,(H,17,21)(H2,16,18,19). The summed E-state index contributed by atoms with van der Waals surface area (Å²) in [5, 5.41) is 9.19. The number of carbonyl (C=O) groups is 1. The summed E-state index contributed by atoms with van der Waals surface area (Å²) in [5.74, 6) is 0.634. The van der Waals surface area contributed by atoms with Crippen LogP contribution >= 0.6 is 0 Å². The van der Waals surface area contributed by atoms with Crippen molar-refractivity contribution in [1.29, 1.82) is 0 Å². The summed E-state index contributed by atoms with van der Waals surface area (Å²) in [6.45, 7) is 9.14. The lowest BCUT2D eigenvalue weighted by Gasteiger charge is -2.18. The van der Waals surface area contributed by atoms with Crippen molar-refractivity contribution in [2.24, 2.45) is 4.99 Å². The first-order valence-electron chi connectivity index (χ1n) is 8.10. The Morgan fingerprint density at radius 3 is 2.55 bits per heavy atom. The minimum absolute atomic E-state index is 0.0456. The number of amides is 1. The molecule has 3 N–H and O–H groups in total. The van der Waals surface area contributed by atoms with Gasteiger partial charge in [-0.25, -0.2) is 4.99 Å². The molecule has 0 heterocycles. The number of ether oxygens (including phenoxy) is 1. The van der Waals surface area contributed by atoms with E-state index in [1.807, 2.05) is 13.8 Å². The molecule has 0 aliphatic heterocycles. The van der Waals surface area contributed by atoms with Crippen molar-refractivity contribution in [2.45, 2.75) is 26.7 Å². The predicted molar refractivity (Wildman–Crippen MR) is 91.3 cm³/mol. The minimum atomic E-state index is -0.0456. The fourth-order valence-electron chi connectivity index (χ4n) is 1.77. The molecule has 1 amide bonds. The van der Waals surface area contributed by atoms with E-state index in [0.717, 1.165) is 45.6 Å². The second kappa shape index (κ2) is 14.6. The highest BCUT2D eigenvalue weighted by atomic mass is 16.5. The van der Waals surface area contributed by atoms with Crippen molar-refractivity contribution < 1.29 is 9.53 Å². The van der Waals surface area contributed by atoms with Gasteiger partial charge in [-0.3, -0.25) is 4.79 Å². The van der Waals surface area contributed by atoms with E-state index < -0.39 is 0 Å². The molecule has 0 aliphatic rings. The molecule has 0 bridgehead atoms. The quantitative estimate of drug-likeness (QED) is 0.269. The van der Waals surface area contributed by atoms with Gasteiger partial charge in [-0.2, -0.15) is 0 Å². The number of hydrogen-bond acceptors (Lipinski definition) is 4. The van der Waals surface area contributed by atoms with Crippen LogP contribution in [0.15, 0.2) is 4.99 Å². The number of likely N-dealkylation sites (N-methyl/N-ethyl adjacent to an activating group) is 1. The molecule has 7 nitrogen and oxygen atoms in total. The highest BCUT2D eigenvalue weighted by Crippen LogP contribution is 1.87. The summed E-state index contributed by atoms with van der Waals surface area (Å²) in [5.41, 5.74) is 0. The first-order valence-corrected chi connectivity index (χ1v) is 8.10. The maximum atomic E-state index is 11.5. The van der Waals surface area contributed by atoms with Crippen LogP contribution in [0.1, 0.15) is 26.7 Å². The maximum Gasteiger partial charge on any atom is 0.241 e. The molecule has 0 unspecified atom stereocenters. The fourth-order valence-corrected chi connectivity index (χ4v) is 1.77. The number of methoxy groups -OCH3 is 1. The van der Waals surface area contributed by atoms with E-state index in [0.29, 0.717) is 12.5 Å². The fraction of sp³-hybridized carbons (Fsp3) is 0.867. The second-order valence-corrected chi connectivity index (χ2v) is 5.12. The van der Waals surface area contributed by atoms with Gasteiger partial charge in [-0.1, -0.05) is 6.92 Å². The largest absolute Gasteiger partial charge is 0.385 e. The Hall–Kier alpha value is -1.34. The van der Waals surface area contributed by atoms with Crippen LogP contribution in [0.4, 0.5) is 0 Å². The number of guanidine groups is 1. The molecule has 130 valence electrons. The number of nitrogens with one attached hydrogen (secondary N) is 3. The third-order valence-corrected chi connectivity index (χ3v) is 2.97. The van der Waals surface area contributed by atoms with Crippen LogP contribution in [0.2, 0.25) is 0 Å². The number of carbonyl (C=O) groups excluding carboxylic acids is 1. The van der Waals surface area contributed by atoms with Crippen LogP contribution in [-0.2, 0) is 9.53 Å². The van der Waals surface area contributed by atoms with Crippen LogP contribution in [0, 0.1) is 0 Å². The molecule has 0 aliphatic carbocycles. The van der Waals surface area contributed by atoms with E-state index in [2.05, 4.69) is 32.9 Å². The van der Waals surface area contributed by atoms with Crippen LogP contribution in [0.25, 0.3) is 0 Å². The lowest BCUT2D eigenvalue weighted by Crippen LogP contribution is -2.41. The van der Waals surface area contributed by atoms with Gasteiger partial charge in [0.15, 0.2) is 5.96 Å². The number of nitrogens with zero attached hydrogens (tertiary/aromatic N) is 2. The molecule has 0 saturated carbocycles. The highest BCUT2D eigenvalue weighted by Gasteiger charge is 2.02. The van der Waals surface area contributed by atoms with Gasteiger partial charge in [0, 0.05) is 46.4 Å². The van der Waals surface area contributed by atoms with E-state index in [-0.39, 0.29) is 12.5 Å². The van der Waals surface area contributed by atoms with E-state index in [1.165, 1.54) is 0 Å². The molecule has 7 heteroatoms. The second-order valence-electron chi connectivity index (χ2n) is 5.12. The Bertz CT molecular complexity index is 310. The summed E-state index contributed by atoms with van der Waals surface area (Å²) in [7, 11) is 3.80. The van der Waals surface area contributed by atoms with E-state index in [1.54, 1.807) is 7.11 Å². The third kappa shape index (κ3) is 12.4. The van der Waals surface area contributed by atoms with E-state index in [9.17, 15) is 4.79 Å². The van der Waals surface area contributed by atoms with Crippen molar-refractivity contribution in [3.63, 3.8) is 0 Å². The van der Waals surface area contributed by atoms with Gasteiger partial charge in [-0.05, 0) is 26.8 Å². The molecule has 0 spiro atoms. The van der Waals surface area contributed by atoms with Crippen molar-refractivity contribution in [3.8, 4) is 0 Å². The zero-order valence-electron chi connectivity index (χ0n) is 14.6. The summed E-state index contributed by atoms with van der Waals surface area (Å²) in [6, 6.07) is 0. The van der Waals surface area contributed by atoms with E-state index >= 15 is 0 Å². The predicted octanol–water partition coefficient (Wildman–Crippen LogP) is 0.0360. The van der Waals surface area contributed by atoms with Gasteiger partial charge >= 0.3 is 0 Å². The summed E-state index contributed by atoms with van der Waals surface area (Å²) in [6.07, 6.45) is 1.96. The molecule has 0 rings (SSSR count). The Morgan fingerprint density at radius 1 is 1.14 bits per heavy atom. The Kier molecular flexibility index (Phi) is 13.7. The van der Waals surface area contributed by atoms with Crippen LogP contribution in [0.3, 0.4) is 0 Å². The molecule has 0 aromatic heterocycles. The van der Waals surface area contributed by atoms with Gasteiger partial charge in [0.05, 0.1) is 0 Å². The third-order valence-electron chi connectivity index (χ3n) is 2.97. The van der Waals surface area contributed by atoms with E-state index in [4.69, 9.17) is 4.74 Å². The summed E-state index contributed by atoms with van der Waals surface area (Å²) in [4.78, 5) is 18.1. The van der Waals surface area contributed by atoms with Gasteiger partial charge in [0.25, 0.3) is 0 Å². The minimum Gasteiger partial charge on any atom is -0.385 e. The topological polar surface area (TPSA) is 78.0 Å². The molecule has 0 radical (unpaired) electrons. The van der Waals surface area contributed by atoms with Crippen LogP contribution < -0.4 is 16.0 Å². The lowest BCUT2D eigenvalue weighted by molar-refractivity contribution is -0.119. The normalized spacial score (nSPS) is 11.6. The van der Waals surface area contributed by atoms with Crippen LogP contribution in [-0.4, -0.2) is 76.8 Å². The molecule has 0 fully saturated rings. The Morgan fingerprint density at radius 2 is 1.91 bits per heavy atom. The SMILES string of the molecule is CCCNC(=O)CN=C(NCC)NCCN(C)CCCOC. The van der Waals surface area contributed by atoms with Crippen molar-refractivity contribution in [1.82, 2.24) is 20.9 Å². The molecular weight excluding hydrogens is 282 g/mol. The maximum absolute atomic E-state index is 11.5. The van der Waals surface area contributed by atoms with Crippen molar-refractivity contribution in [2.75, 3.05) is 60.0 Å². The molecule has 0 aromatic rings. The average Bonchev–Trinajstić information content (AvgIpc) is 2.50. The zero-order valence-corrected chi connectivity index (χ0v) is 14.6. The molecule has 0 aromatic carbocycles. The Balaban J connectivity index is 3.99. The Labute approximate surface area is 134 Å². The molecule has 0 saturated heterocycles.